The molecule has 0 unspecified atom stereocenters. The topological polar surface area (TPSA) is 57.4 Å². The number of nitrogens with zero attached hydrogens (tertiary/aromatic N) is 1. The number of carbonyl (C=O) groups is 1. The standard InChI is InChI=1S/C23H27N3O2/c27-23(24-12-15-28-19-6-2-1-3-7-19)17-26-13-10-18(11-14-26)21-16-25-22-9-5-4-8-20(21)22/h1-9,16,18,25H,10-15,17H2,(H,24,27). The van der Waals surface area contributed by atoms with Crippen molar-refractivity contribution in [1.29, 1.82) is 0 Å². The Kier molecular flexibility index (Phi) is 5.92. The molecular weight excluding hydrogens is 350 g/mol. The molecule has 1 saturated heterocycles. The average Bonchev–Trinajstić information content (AvgIpc) is 3.17. The first kappa shape index (κ1) is 18.6. The summed E-state index contributed by atoms with van der Waals surface area (Å²) in [7, 11) is 0. The lowest BCUT2D eigenvalue weighted by atomic mass is 9.89. The third kappa shape index (κ3) is 4.54. The number of hydrogen-bond acceptors (Lipinski definition) is 3. The van der Waals surface area contributed by atoms with Gasteiger partial charge in [-0.3, -0.25) is 9.69 Å². The first-order valence-corrected chi connectivity index (χ1v) is 10.0. The lowest BCUT2D eigenvalue weighted by Crippen LogP contribution is -2.42. The minimum absolute atomic E-state index is 0.0715. The van der Waals surface area contributed by atoms with Gasteiger partial charge in [-0.05, 0) is 55.6 Å². The van der Waals surface area contributed by atoms with Crippen LogP contribution in [0.5, 0.6) is 5.75 Å². The normalized spacial score (nSPS) is 15.6. The molecule has 1 aromatic heterocycles. The fraction of sp³-hybridized carbons (Fsp3) is 0.348. The van der Waals surface area contributed by atoms with E-state index in [-0.39, 0.29) is 5.91 Å². The molecule has 146 valence electrons. The Morgan fingerprint density at radius 1 is 1.07 bits per heavy atom. The van der Waals surface area contributed by atoms with Gasteiger partial charge in [0.05, 0.1) is 13.1 Å². The van der Waals surface area contributed by atoms with Crippen molar-refractivity contribution < 1.29 is 9.53 Å². The second-order valence-electron chi connectivity index (χ2n) is 7.35. The van der Waals surface area contributed by atoms with Crippen molar-refractivity contribution in [2.24, 2.45) is 0 Å². The second kappa shape index (κ2) is 8.93. The van der Waals surface area contributed by atoms with Crippen molar-refractivity contribution in [2.45, 2.75) is 18.8 Å². The summed E-state index contributed by atoms with van der Waals surface area (Å²) in [4.78, 5) is 17.8. The number of fused-ring (bicyclic) bond motifs is 1. The number of carbonyl (C=O) groups excluding carboxylic acids is 1. The second-order valence-corrected chi connectivity index (χ2v) is 7.35. The quantitative estimate of drug-likeness (QED) is 0.619. The van der Waals surface area contributed by atoms with Gasteiger partial charge in [-0.25, -0.2) is 0 Å². The number of benzene rings is 2. The van der Waals surface area contributed by atoms with Crippen LogP contribution in [0, 0.1) is 0 Å². The van der Waals surface area contributed by atoms with E-state index in [2.05, 4.69) is 45.7 Å². The number of amides is 1. The van der Waals surface area contributed by atoms with E-state index in [1.165, 1.54) is 16.5 Å². The zero-order chi connectivity index (χ0) is 19.2. The summed E-state index contributed by atoms with van der Waals surface area (Å²) in [6.07, 6.45) is 4.34. The maximum Gasteiger partial charge on any atom is 0.234 e. The Hall–Kier alpha value is -2.79. The van der Waals surface area contributed by atoms with E-state index in [1.807, 2.05) is 30.3 Å². The van der Waals surface area contributed by atoms with E-state index in [0.29, 0.717) is 25.6 Å². The number of H-pyrrole nitrogens is 1. The van der Waals surface area contributed by atoms with Crippen LogP contribution in [0.1, 0.15) is 24.3 Å². The Labute approximate surface area is 165 Å². The molecule has 2 N–H and O–H groups in total. The molecule has 0 radical (unpaired) electrons. The summed E-state index contributed by atoms with van der Waals surface area (Å²) in [6.45, 7) is 3.39. The maximum absolute atomic E-state index is 12.2. The number of para-hydroxylation sites is 2. The number of piperidine rings is 1. The molecule has 1 aliphatic heterocycles. The minimum Gasteiger partial charge on any atom is -0.492 e. The number of aromatic amines is 1. The summed E-state index contributed by atoms with van der Waals surface area (Å²) in [5.41, 5.74) is 2.62. The van der Waals surface area contributed by atoms with Gasteiger partial charge in [-0.15, -0.1) is 0 Å². The first-order chi connectivity index (χ1) is 13.8. The van der Waals surface area contributed by atoms with Crippen molar-refractivity contribution in [2.75, 3.05) is 32.8 Å². The van der Waals surface area contributed by atoms with Gasteiger partial charge in [0.2, 0.25) is 5.91 Å². The SMILES string of the molecule is O=C(CN1CCC(c2c[nH]c3ccccc23)CC1)NCCOc1ccccc1. The number of ether oxygens (including phenoxy) is 1. The van der Waals surface area contributed by atoms with Crippen molar-refractivity contribution in [3.8, 4) is 5.75 Å². The fourth-order valence-electron chi connectivity index (χ4n) is 3.97. The summed E-state index contributed by atoms with van der Waals surface area (Å²) >= 11 is 0. The van der Waals surface area contributed by atoms with E-state index in [4.69, 9.17) is 4.74 Å². The van der Waals surface area contributed by atoms with Gasteiger partial charge in [0.25, 0.3) is 0 Å². The van der Waals surface area contributed by atoms with Crippen LogP contribution in [0.2, 0.25) is 0 Å². The highest BCUT2D eigenvalue weighted by atomic mass is 16.5. The number of aromatic nitrogens is 1. The molecule has 4 rings (SSSR count). The Balaban J connectivity index is 1.18. The van der Waals surface area contributed by atoms with Crippen LogP contribution in [-0.4, -0.2) is 48.6 Å². The summed E-state index contributed by atoms with van der Waals surface area (Å²) in [6, 6.07) is 18.1. The number of rotatable bonds is 7. The Morgan fingerprint density at radius 2 is 1.82 bits per heavy atom. The summed E-state index contributed by atoms with van der Waals surface area (Å²) < 4.78 is 5.61. The third-order valence-corrected chi connectivity index (χ3v) is 5.45. The Bertz CT molecular complexity index is 898. The number of nitrogens with one attached hydrogen (secondary N) is 2. The van der Waals surface area contributed by atoms with Gasteiger partial charge in [-0.1, -0.05) is 36.4 Å². The average molecular weight is 377 g/mol. The molecule has 0 aliphatic carbocycles. The molecule has 2 aromatic carbocycles. The largest absolute Gasteiger partial charge is 0.492 e. The van der Waals surface area contributed by atoms with Crippen LogP contribution in [0.25, 0.3) is 10.9 Å². The molecule has 2 heterocycles. The third-order valence-electron chi connectivity index (χ3n) is 5.45. The molecule has 0 atom stereocenters. The number of likely N-dealkylation sites (tertiary alicyclic amines) is 1. The van der Waals surface area contributed by atoms with Crippen LogP contribution in [0.4, 0.5) is 0 Å². The summed E-state index contributed by atoms with van der Waals surface area (Å²) in [5, 5.41) is 4.28. The molecule has 28 heavy (non-hydrogen) atoms. The van der Waals surface area contributed by atoms with Gasteiger partial charge in [0.1, 0.15) is 12.4 Å². The molecule has 0 saturated carbocycles. The van der Waals surface area contributed by atoms with Crippen molar-refractivity contribution in [1.82, 2.24) is 15.2 Å². The van der Waals surface area contributed by atoms with Crippen LogP contribution >= 0.6 is 0 Å². The highest BCUT2D eigenvalue weighted by Gasteiger charge is 2.23. The summed E-state index contributed by atoms with van der Waals surface area (Å²) in [5.74, 6) is 1.47. The maximum atomic E-state index is 12.2. The molecule has 1 amide bonds. The van der Waals surface area contributed by atoms with E-state index < -0.39 is 0 Å². The van der Waals surface area contributed by atoms with Crippen LogP contribution in [0.3, 0.4) is 0 Å². The molecule has 0 spiro atoms. The molecule has 1 fully saturated rings. The highest BCUT2D eigenvalue weighted by molar-refractivity contribution is 5.83. The zero-order valence-corrected chi connectivity index (χ0v) is 16.1. The van der Waals surface area contributed by atoms with Crippen LogP contribution < -0.4 is 10.1 Å². The van der Waals surface area contributed by atoms with Gasteiger partial charge in [0.15, 0.2) is 0 Å². The molecule has 3 aromatic rings. The van der Waals surface area contributed by atoms with Crippen LogP contribution in [0.15, 0.2) is 60.8 Å². The number of hydrogen-bond donors (Lipinski definition) is 2. The monoisotopic (exact) mass is 377 g/mol. The fourth-order valence-corrected chi connectivity index (χ4v) is 3.97. The van der Waals surface area contributed by atoms with Crippen molar-refractivity contribution in [3.05, 3.63) is 66.4 Å². The van der Waals surface area contributed by atoms with Crippen molar-refractivity contribution in [3.63, 3.8) is 0 Å². The zero-order valence-electron chi connectivity index (χ0n) is 16.1. The Morgan fingerprint density at radius 3 is 2.64 bits per heavy atom. The predicted octanol–water partition coefficient (Wildman–Crippen LogP) is 3.54. The smallest absolute Gasteiger partial charge is 0.234 e. The molecular formula is C23H27N3O2. The van der Waals surface area contributed by atoms with Crippen LogP contribution in [-0.2, 0) is 4.79 Å². The van der Waals surface area contributed by atoms with E-state index in [9.17, 15) is 4.79 Å². The molecule has 5 nitrogen and oxygen atoms in total. The minimum atomic E-state index is 0.0715. The van der Waals surface area contributed by atoms with Gasteiger partial charge < -0.3 is 15.0 Å². The molecule has 1 aliphatic rings. The molecule has 5 heteroatoms. The first-order valence-electron chi connectivity index (χ1n) is 10.0. The predicted molar refractivity (Wildman–Crippen MR) is 112 cm³/mol. The van der Waals surface area contributed by atoms with Gasteiger partial charge in [-0.2, -0.15) is 0 Å². The van der Waals surface area contributed by atoms with Gasteiger partial charge >= 0.3 is 0 Å². The van der Waals surface area contributed by atoms with Gasteiger partial charge in [0, 0.05) is 17.1 Å². The van der Waals surface area contributed by atoms with E-state index >= 15 is 0 Å². The highest BCUT2D eigenvalue weighted by Crippen LogP contribution is 2.32. The lowest BCUT2D eigenvalue weighted by Gasteiger charge is -2.31. The lowest BCUT2D eigenvalue weighted by molar-refractivity contribution is -0.122. The molecule has 0 bridgehead atoms. The van der Waals surface area contributed by atoms with E-state index in [0.717, 1.165) is 31.7 Å². The van der Waals surface area contributed by atoms with Crippen molar-refractivity contribution >= 4 is 16.8 Å². The van der Waals surface area contributed by atoms with E-state index in [1.54, 1.807) is 0 Å².